The van der Waals surface area contributed by atoms with Crippen LogP contribution in [0.15, 0.2) is 6.07 Å². The Balaban J connectivity index is 3.11. The average Bonchev–Trinajstić information content (AvgIpc) is 2.31. The Morgan fingerprint density at radius 3 is 2.83 bits per heavy atom. The number of hydrogen-bond donors (Lipinski definition) is 1. The van der Waals surface area contributed by atoms with Crippen molar-refractivity contribution in [2.24, 2.45) is 0 Å². The molecule has 0 unspecified atom stereocenters. The van der Waals surface area contributed by atoms with Gasteiger partial charge in [-0.15, -0.1) is 0 Å². The van der Waals surface area contributed by atoms with Gasteiger partial charge in [-0.1, -0.05) is 0 Å². The van der Waals surface area contributed by atoms with Gasteiger partial charge >= 0.3 is 5.97 Å². The number of nitriles is 1. The molecule has 0 aliphatic carbocycles. The molecular formula is C11H10F2N2O3. The molecule has 96 valence electrons. The van der Waals surface area contributed by atoms with Crippen LogP contribution in [0.1, 0.15) is 30.3 Å². The van der Waals surface area contributed by atoms with E-state index >= 15 is 0 Å². The van der Waals surface area contributed by atoms with E-state index in [0.29, 0.717) is 0 Å². The third-order valence-electron chi connectivity index (χ3n) is 2.05. The standard InChI is InChI=1S/C11H10F2N2O3/c1-2-18-9(16)4-6-3-7(11(12)13)10(17)8(5-14)15-6/h3,11,17H,2,4H2,1H3. The quantitative estimate of drug-likeness (QED) is 0.829. The number of aromatic hydroxyl groups is 1. The number of carbonyl (C=O) groups excluding carboxylic acids is 1. The molecule has 0 fully saturated rings. The van der Waals surface area contributed by atoms with Gasteiger partial charge in [0, 0.05) is 0 Å². The summed E-state index contributed by atoms with van der Waals surface area (Å²) in [5, 5.41) is 18.0. The van der Waals surface area contributed by atoms with Gasteiger partial charge in [0.15, 0.2) is 11.4 Å². The zero-order valence-corrected chi connectivity index (χ0v) is 9.48. The summed E-state index contributed by atoms with van der Waals surface area (Å²) in [6.45, 7) is 1.76. The molecule has 0 aliphatic heterocycles. The summed E-state index contributed by atoms with van der Waals surface area (Å²) < 4.78 is 29.8. The zero-order valence-electron chi connectivity index (χ0n) is 9.48. The molecule has 0 radical (unpaired) electrons. The van der Waals surface area contributed by atoms with Crippen LogP contribution in [0, 0.1) is 11.3 Å². The fourth-order valence-electron chi connectivity index (χ4n) is 1.31. The molecule has 1 rings (SSSR count). The van der Waals surface area contributed by atoms with Crippen molar-refractivity contribution in [1.82, 2.24) is 4.98 Å². The SMILES string of the molecule is CCOC(=O)Cc1cc(C(F)F)c(O)c(C#N)n1. The largest absolute Gasteiger partial charge is 0.505 e. The normalized spacial score (nSPS) is 10.2. The Labute approximate surface area is 102 Å². The summed E-state index contributed by atoms with van der Waals surface area (Å²) in [5.74, 6) is -1.50. The summed E-state index contributed by atoms with van der Waals surface area (Å²) in [5.41, 5.74) is -1.30. The lowest BCUT2D eigenvalue weighted by atomic mass is 10.1. The van der Waals surface area contributed by atoms with Crippen LogP contribution in [0.2, 0.25) is 0 Å². The van der Waals surface area contributed by atoms with Gasteiger partial charge in [-0.2, -0.15) is 5.26 Å². The predicted molar refractivity (Wildman–Crippen MR) is 55.9 cm³/mol. The second-order valence-corrected chi connectivity index (χ2v) is 3.29. The highest BCUT2D eigenvalue weighted by atomic mass is 19.3. The van der Waals surface area contributed by atoms with Crippen molar-refractivity contribution in [3.05, 3.63) is 23.0 Å². The summed E-state index contributed by atoms with van der Waals surface area (Å²) in [4.78, 5) is 14.8. The summed E-state index contributed by atoms with van der Waals surface area (Å²) in [7, 11) is 0. The first-order valence-electron chi connectivity index (χ1n) is 5.06. The first-order chi connectivity index (χ1) is 8.49. The number of alkyl halides is 2. The smallest absolute Gasteiger partial charge is 0.311 e. The average molecular weight is 256 g/mol. The molecule has 0 spiro atoms. The topological polar surface area (TPSA) is 83.2 Å². The predicted octanol–water partition coefficient (Wildman–Crippen LogP) is 1.70. The summed E-state index contributed by atoms with van der Waals surface area (Å²) in [6, 6.07) is 2.38. The van der Waals surface area contributed by atoms with E-state index in [1.54, 1.807) is 6.92 Å². The van der Waals surface area contributed by atoms with E-state index < -0.39 is 29.4 Å². The molecule has 18 heavy (non-hydrogen) atoms. The van der Waals surface area contributed by atoms with Crippen LogP contribution in [-0.4, -0.2) is 22.7 Å². The number of rotatable bonds is 4. The maximum atomic E-state index is 12.6. The number of hydrogen-bond acceptors (Lipinski definition) is 5. The highest BCUT2D eigenvalue weighted by Crippen LogP contribution is 2.30. The van der Waals surface area contributed by atoms with E-state index in [9.17, 15) is 18.7 Å². The van der Waals surface area contributed by atoms with Crippen molar-refractivity contribution < 1.29 is 23.4 Å². The number of ether oxygens (including phenoxy) is 1. The molecule has 0 saturated heterocycles. The number of halogens is 2. The van der Waals surface area contributed by atoms with Crippen molar-refractivity contribution in [2.75, 3.05) is 6.61 Å². The summed E-state index contributed by atoms with van der Waals surface area (Å²) in [6.07, 6.45) is -3.29. The molecule has 0 bridgehead atoms. The van der Waals surface area contributed by atoms with E-state index in [4.69, 9.17) is 5.26 Å². The first-order valence-corrected chi connectivity index (χ1v) is 5.06. The van der Waals surface area contributed by atoms with Gasteiger partial charge in [-0.25, -0.2) is 13.8 Å². The maximum Gasteiger partial charge on any atom is 0.311 e. The van der Waals surface area contributed by atoms with Crippen LogP contribution >= 0.6 is 0 Å². The van der Waals surface area contributed by atoms with Crippen molar-refractivity contribution in [3.8, 4) is 11.8 Å². The Morgan fingerprint density at radius 2 is 2.33 bits per heavy atom. The van der Waals surface area contributed by atoms with Gasteiger partial charge in [-0.3, -0.25) is 4.79 Å². The zero-order chi connectivity index (χ0) is 13.7. The molecular weight excluding hydrogens is 246 g/mol. The Hall–Kier alpha value is -2.23. The molecule has 5 nitrogen and oxygen atoms in total. The fourth-order valence-corrected chi connectivity index (χ4v) is 1.31. The van der Waals surface area contributed by atoms with Crippen molar-refractivity contribution in [1.29, 1.82) is 5.26 Å². The van der Waals surface area contributed by atoms with Crippen LogP contribution in [0.5, 0.6) is 5.75 Å². The first kappa shape index (κ1) is 13.8. The van der Waals surface area contributed by atoms with E-state index in [2.05, 4.69) is 9.72 Å². The highest BCUT2D eigenvalue weighted by molar-refractivity contribution is 5.72. The van der Waals surface area contributed by atoms with Gasteiger partial charge in [0.2, 0.25) is 0 Å². The summed E-state index contributed by atoms with van der Waals surface area (Å²) >= 11 is 0. The second-order valence-electron chi connectivity index (χ2n) is 3.29. The lowest BCUT2D eigenvalue weighted by Crippen LogP contribution is -2.10. The Bertz CT molecular complexity index is 498. The van der Waals surface area contributed by atoms with E-state index in [0.717, 1.165) is 6.07 Å². The molecule has 0 atom stereocenters. The highest BCUT2D eigenvalue weighted by Gasteiger charge is 2.20. The number of esters is 1. The number of aromatic nitrogens is 1. The minimum absolute atomic E-state index is 0.0434. The monoisotopic (exact) mass is 256 g/mol. The third kappa shape index (κ3) is 3.13. The van der Waals surface area contributed by atoms with Crippen molar-refractivity contribution in [2.45, 2.75) is 19.8 Å². The van der Waals surface area contributed by atoms with E-state index in [-0.39, 0.29) is 18.7 Å². The molecule has 1 aromatic rings. The van der Waals surface area contributed by atoms with Crippen LogP contribution in [-0.2, 0) is 16.0 Å². The third-order valence-corrected chi connectivity index (χ3v) is 2.05. The van der Waals surface area contributed by atoms with Crippen LogP contribution in [0.3, 0.4) is 0 Å². The molecule has 0 amide bonds. The lowest BCUT2D eigenvalue weighted by Gasteiger charge is -2.07. The molecule has 1 N–H and O–H groups in total. The maximum absolute atomic E-state index is 12.6. The van der Waals surface area contributed by atoms with Gasteiger partial charge in [0.25, 0.3) is 6.43 Å². The van der Waals surface area contributed by atoms with E-state index in [1.165, 1.54) is 6.07 Å². The van der Waals surface area contributed by atoms with Crippen LogP contribution in [0.4, 0.5) is 8.78 Å². The number of nitrogens with zero attached hydrogens (tertiary/aromatic N) is 2. The van der Waals surface area contributed by atoms with Crippen molar-refractivity contribution >= 4 is 5.97 Å². The van der Waals surface area contributed by atoms with Gasteiger partial charge in [-0.05, 0) is 13.0 Å². The molecule has 1 aromatic heterocycles. The minimum atomic E-state index is -2.96. The number of carbonyl (C=O) groups is 1. The molecule has 0 aliphatic rings. The van der Waals surface area contributed by atoms with Gasteiger partial charge < -0.3 is 9.84 Å². The minimum Gasteiger partial charge on any atom is -0.505 e. The molecule has 7 heteroatoms. The van der Waals surface area contributed by atoms with Crippen molar-refractivity contribution in [3.63, 3.8) is 0 Å². The van der Waals surface area contributed by atoms with Gasteiger partial charge in [0.1, 0.15) is 6.07 Å². The van der Waals surface area contributed by atoms with Crippen LogP contribution < -0.4 is 0 Å². The lowest BCUT2D eigenvalue weighted by molar-refractivity contribution is -0.142. The Morgan fingerprint density at radius 1 is 1.67 bits per heavy atom. The van der Waals surface area contributed by atoms with Crippen LogP contribution in [0.25, 0.3) is 0 Å². The number of pyridine rings is 1. The molecule has 0 saturated carbocycles. The molecule has 0 aromatic carbocycles. The molecule has 1 heterocycles. The Kier molecular flexibility index (Phi) is 4.54. The van der Waals surface area contributed by atoms with E-state index in [1.807, 2.05) is 0 Å². The second kappa shape index (κ2) is 5.91. The fraction of sp³-hybridized carbons (Fsp3) is 0.364. The van der Waals surface area contributed by atoms with Gasteiger partial charge in [0.05, 0.1) is 24.3 Å².